The van der Waals surface area contributed by atoms with Crippen molar-refractivity contribution in [3.8, 4) is 0 Å². The number of aromatic amines is 1. The number of ether oxygens (including phenoxy) is 1. The number of H-pyrrole nitrogens is 1. The van der Waals surface area contributed by atoms with Gasteiger partial charge in [-0.05, 0) is 68.0 Å². The summed E-state index contributed by atoms with van der Waals surface area (Å²) in [5.74, 6) is -0.539. The number of carbonyl (C=O) groups excluding carboxylic acids is 1. The van der Waals surface area contributed by atoms with E-state index in [1.165, 1.54) is 34.2 Å². The molecule has 1 aromatic carbocycles. The number of nitrogens with one attached hydrogen (secondary N) is 2. The number of benzene rings is 1. The molecule has 0 spiro atoms. The highest BCUT2D eigenvalue weighted by Gasteiger charge is 2.33. The van der Waals surface area contributed by atoms with Crippen LogP contribution in [0.4, 0.5) is 0 Å². The Labute approximate surface area is 184 Å². The molecule has 2 atom stereocenters. The molecule has 1 aromatic heterocycles. The lowest BCUT2D eigenvalue weighted by atomic mass is 9.99. The summed E-state index contributed by atoms with van der Waals surface area (Å²) >= 11 is 0. The summed E-state index contributed by atoms with van der Waals surface area (Å²) < 4.78 is 5.71. The maximum Gasteiger partial charge on any atom is 0.267 e. The van der Waals surface area contributed by atoms with Gasteiger partial charge in [-0.25, -0.2) is 5.48 Å². The summed E-state index contributed by atoms with van der Waals surface area (Å²) in [4.78, 5) is 17.2. The van der Waals surface area contributed by atoms with Crippen LogP contribution in [0.3, 0.4) is 0 Å². The summed E-state index contributed by atoms with van der Waals surface area (Å²) in [6.07, 6.45) is 9.46. The largest absolute Gasteiger partial charge is 0.380 e. The summed E-state index contributed by atoms with van der Waals surface area (Å²) in [5.41, 5.74) is 8.91. The zero-order chi connectivity index (χ0) is 22.4. The van der Waals surface area contributed by atoms with Crippen molar-refractivity contribution in [2.75, 3.05) is 13.7 Å². The quantitative estimate of drug-likeness (QED) is 0.341. The van der Waals surface area contributed by atoms with Gasteiger partial charge in [0.2, 0.25) is 0 Å². The molecule has 3 rings (SSSR count). The van der Waals surface area contributed by atoms with Crippen LogP contribution >= 0.6 is 0 Å². The van der Waals surface area contributed by atoms with Gasteiger partial charge in [0.05, 0.1) is 6.10 Å². The van der Waals surface area contributed by atoms with E-state index in [1.807, 2.05) is 19.1 Å². The Hall–Kier alpha value is -2.67. The van der Waals surface area contributed by atoms with Gasteiger partial charge in [-0.3, -0.25) is 14.9 Å². The predicted molar refractivity (Wildman–Crippen MR) is 124 cm³/mol. The molecule has 0 bridgehead atoms. The summed E-state index contributed by atoms with van der Waals surface area (Å²) in [7, 11) is 1.80. The Morgan fingerprint density at radius 2 is 2.03 bits per heavy atom. The molecule has 0 unspecified atom stereocenters. The van der Waals surface area contributed by atoms with Crippen LogP contribution in [0.25, 0.3) is 12.2 Å². The molecular formula is C25H33N3O3. The number of likely N-dealkylation sites (tertiary alicyclic amines) is 1. The topological polar surface area (TPSA) is 77.6 Å². The number of aromatic nitrogens is 1. The van der Waals surface area contributed by atoms with E-state index in [2.05, 4.69) is 48.0 Å². The zero-order valence-electron chi connectivity index (χ0n) is 18.8. The molecule has 3 N–H and O–H groups in total. The maximum atomic E-state index is 11.1. The molecule has 166 valence electrons. The average molecular weight is 424 g/mol. The lowest BCUT2D eigenvalue weighted by molar-refractivity contribution is -0.124. The van der Waals surface area contributed by atoms with Crippen LogP contribution in [0.2, 0.25) is 0 Å². The summed E-state index contributed by atoms with van der Waals surface area (Å²) in [6.45, 7) is 8.18. The van der Waals surface area contributed by atoms with Crippen LogP contribution in [0.15, 0.2) is 36.4 Å². The van der Waals surface area contributed by atoms with Crippen LogP contribution in [0, 0.1) is 13.8 Å². The monoisotopic (exact) mass is 423 g/mol. The summed E-state index contributed by atoms with van der Waals surface area (Å²) in [6, 6.07) is 8.57. The van der Waals surface area contributed by atoms with E-state index in [1.54, 1.807) is 18.7 Å². The van der Waals surface area contributed by atoms with Crippen molar-refractivity contribution in [1.82, 2.24) is 15.4 Å². The number of allylic oxidation sites excluding steroid dienone is 1. The van der Waals surface area contributed by atoms with Crippen LogP contribution < -0.4 is 5.48 Å². The van der Waals surface area contributed by atoms with Gasteiger partial charge >= 0.3 is 0 Å². The average Bonchev–Trinajstić information content (AvgIpc) is 3.28. The molecule has 1 fully saturated rings. The highest BCUT2D eigenvalue weighted by atomic mass is 16.5. The smallest absolute Gasteiger partial charge is 0.267 e. The van der Waals surface area contributed by atoms with E-state index in [4.69, 9.17) is 9.94 Å². The number of rotatable bonds is 8. The number of carbonyl (C=O) groups is 1. The van der Waals surface area contributed by atoms with Crippen molar-refractivity contribution in [3.63, 3.8) is 0 Å². The number of nitrogens with zero attached hydrogens (tertiary/aromatic N) is 1. The highest BCUT2D eigenvalue weighted by Crippen LogP contribution is 2.29. The molecule has 0 aliphatic carbocycles. The van der Waals surface area contributed by atoms with Gasteiger partial charge in [-0.1, -0.05) is 30.3 Å². The first kappa shape index (κ1) is 23.0. The SMILES string of the molecule is C/C=C\c1[nH]c(C)c(C[C@H]2C[C@H](OC)CN2Cc2ccc(/C=C/C(=O)NO)cc2)c1C. The van der Waals surface area contributed by atoms with Crippen molar-refractivity contribution < 1.29 is 14.7 Å². The second kappa shape index (κ2) is 10.6. The minimum Gasteiger partial charge on any atom is -0.380 e. The third kappa shape index (κ3) is 5.73. The predicted octanol–water partition coefficient (Wildman–Crippen LogP) is 4.02. The van der Waals surface area contributed by atoms with Gasteiger partial charge in [0, 0.05) is 43.7 Å². The minimum atomic E-state index is -0.539. The Morgan fingerprint density at radius 1 is 1.29 bits per heavy atom. The van der Waals surface area contributed by atoms with E-state index >= 15 is 0 Å². The van der Waals surface area contributed by atoms with Gasteiger partial charge in [0.25, 0.3) is 5.91 Å². The Balaban J connectivity index is 1.72. The van der Waals surface area contributed by atoms with Gasteiger partial charge in [-0.2, -0.15) is 0 Å². The fourth-order valence-corrected chi connectivity index (χ4v) is 4.38. The summed E-state index contributed by atoms with van der Waals surface area (Å²) in [5, 5.41) is 8.58. The molecule has 0 radical (unpaired) electrons. The van der Waals surface area contributed by atoms with Crippen molar-refractivity contribution in [2.45, 2.75) is 52.3 Å². The second-order valence-corrected chi connectivity index (χ2v) is 8.20. The first-order valence-corrected chi connectivity index (χ1v) is 10.7. The number of hydrogen-bond acceptors (Lipinski definition) is 4. The Bertz CT molecular complexity index is 944. The zero-order valence-corrected chi connectivity index (χ0v) is 18.8. The molecule has 6 heteroatoms. The Kier molecular flexibility index (Phi) is 7.85. The fraction of sp³-hybridized carbons (Fsp3) is 0.400. The lowest BCUT2D eigenvalue weighted by Gasteiger charge is -2.24. The van der Waals surface area contributed by atoms with Gasteiger partial charge in [0.1, 0.15) is 0 Å². The van der Waals surface area contributed by atoms with Crippen LogP contribution in [0.1, 0.15) is 47.0 Å². The molecular weight excluding hydrogens is 390 g/mol. The first-order valence-electron chi connectivity index (χ1n) is 10.7. The Morgan fingerprint density at radius 3 is 2.68 bits per heavy atom. The van der Waals surface area contributed by atoms with Crippen LogP contribution in [-0.4, -0.2) is 46.8 Å². The molecule has 2 aromatic rings. The first-order chi connectivity index (χ1) is 14.9. The minimum absolute atomic E-state index is 0.249. The molecule has 31 heavy (non-hydrogen) atoms. The van der Waals surface area contributed by atoms with Crippen LogP contribution in [0.5, 0.6) is 0 Å². The van der Waals surface area contributed by atoms with Gasteiger partial charge in [0.15, 0.2) is 0 Å². The van der Waals surface area contributed by atoms with Gasteiger partial charge < -0.3 is 9.72 Å². The maximum absolute atomic E-state index is 11.1. The number of methoxy groups -OCH3 is 1. The van der Waals surface area contributed by atoms with E-state index in [0.717, 1.165) is 31.5 Å². The molecule has 1 saturated heterocycles. The van der Waals surface area contributed by atoms with Crippen LogP contribution in [-0.2, 0) is 22.5 Å². The van der Waals surface area contributed by atoms with E-state index in [9.17, 15) is 4.79 Å². The molecule has 6 nitrogen and oxygen atoms in total. The number of amides is 1. The second-order valence-electron chi connectivity index (χ2n) is 8.20. The molecule has 0 saturated carbocycles. The van der Waals surface area contributed by atoms with Crippen molar-refractivity contribution in [3.05, 3.63) is 70.1 Å². The standard InChI is InChI=1S/C25H33N3O3/c1-5-6-24-17(2)23(18(3)26-24)14-21-13-22(31-4)16-28(21)15-20-9-7-19(8-10-20)11-12-25(29)27-30/h5-12,21-22,26,30H,13-16H2,1-4H3,(H,27,29)/b6-5-,12-11+/t21-,22+/m1/s1. The fourth-order valence-electron chi connectivity index (χ4n) is 4.38. The lowest BCUT2D eigenvalue weighted by Crippen LogP contribution is -2.31. The normalized spacial score (nSPS) is 19.6. The number of aryl methyl sites for hydroxylation is 1. The van der Waals surface area contributed by atoms with Crippen molar-refractivity contribution in [1.29, 1.82) is 0 Å². The van der Waals surface area contributed by atoms with E-state index < -0.39 is 5.91 Å². The third-order valence-corrected chi connectivity index (χ3v) is 6.13. The molecule has 1 aliphatic rings. The molecule has 2 heterocycles. The molecule has 1 aliphatic heterocycles. The van der Waals surface area contributed by atoms with E-state index in [-0.39, 0.29) is 6.10 Å². The van der Waals surface area contributed by atoms with Crippen molar-refractivity contribution >= 4 is 18.1 Å². The van der Waals surface area contributed by atoms with Gasteiger partial charge in [-0.15, -0.1) is 0 Å². The third-order valence-electron chi connectivity index (χ3n) is 6.13. The van der Waals surface area contributed by atoms with Crippen molar-refractivity contribution in [2.24, 2.45) is 0 Å². The van der Waals surface area contributed by atoms with E-state index in [0.29, 0.717) is 6.04 Å². The number of hydroxylamine groups is 1. The molecule has 1 amide bonds. The number of hydrogen-bond donors (Lipinski definition) is 3. The highest BCUT2D eigenvalue weighted by molar-refractivity contribution is 5.90.